The molecule has 2 aromatic carbocycles. The first kappa shape index (κ1) is 20.0. The molecule has 2 heterocycles. The Labute approximate surface area is 179 Å². The average Bonchev–Trinajstić information content (AvgIpc) is 3.24. The van der Waals surface area contributed by atoms with Crippen LogP contribution in [-0.4, -0.2) is 33.8 Å². The lowest BCUT2D eigenvalue weighted by Crippen LogP contribution is -2.45. The monoisotopic (exact) mass is 424 g/mol. The number of benzene rings is 2. The molecule has 0 fully saturated rings. The van der Waals surface area contributed by atoms with Crippen LogP contribution in [-0.2, 0) is 0 Å². The summed E-state index contributed by atoms with van der Waals surface area (Å²) in [6, 6.07) is 13.5. The average molecular weight is 425 g/mol. The highest BCUT2D eigenvalue weighted by Gasteiger charge is 2.33. The first-order valence-corrected chi connectivity index (χ1v) is 9.95. The lowest BCUT2D eigenvalue weighted by Gasteiger charge is -2.36. The molecule has 0 aliphatic carbocycles. The van der Waals surface area contributed by atoms with Gasteiger partial charge < -0.3 is 19.5 Å². The molecule has 1 aliphatic heterocycles. The van der Waals surface area contributed by atoms with Crippen LogP contribution in [0.3, 0.4) is 0 Å². The minimum absolute atomic E-state index is 0.281. The minimum atomic E-state index is -0.317. The van der Waals surface area contributed by atoms with Crippen molar-refractivity contribution >= 4 is 22.9 Å². The van der Waals surface area contributed by atoms with Gasteiger partial charge >= 0.3 is 0 Å². The van der Waals surface area contributed by atoms with Gasteiger partial charge in [0, 0.05) is 17.8 Å². The Hall–Kier alpha value is -3.26. The summed E-state index contributed by atoms with van der Waals surface area (Å²) in [6.07, 6.45) is 0. The third-order valence-electron chi connectivity index (χ3n) is 5.10. The minimum Gasteiger partial charge on any atom is -0.497 e. The van der Waals surface area contributed by atoms with Crippen molar-refractivity contribution in [1.82, 2.24) is 20.4 Å². The molecule has 0 radical (unpaired) electrons. The molecule has 154 valence electrons. The van der Waals surface area contributed by atoms with Gasteiger partial charge in [-0.2, -0.15) is 4.98 Å². The first-order valence-electron chi connectivity index (χ1n) is 9.54. The van der Waals surface area contributed by atoms with Gasteiger partial charge in [-0.3, -0.25) is 0 Å². The van der Waals surface area contributed by atoms with E-state index < -0.39 is 0 Å². The van der Waals surface area contributed by atoms with Crippen molar-refractivity contribution in [1.29, 1.82) is 0 Å². The van der Waals surface area contributed by atoms with Crippen molar-refractivity contribution in [2.45, 2.75) is 19.9 Å². The van der Waals surface area contributed by atoms with Gasteiger partial charge in [-0.25, -0.2) is 4.39 Å². The van der Waals surface area contributed by atoms with Crippen LogP contribution in [0.2, 0.25) is 0 Å². The highest BCUT2D eigenvalue weighted by atomic mass is 32.1. The fraction of sp³-hybridized carbons (Fsp3) is 0.227. The number of thiocarbonyl (C=S) groups is 1. The van der Waals surface area contributed by atoms with E-state index in [0.717, 1.165) is 22.6 Å². The van der Waals surface area contributed by atoms with Gasteiger partial charge in [0.1, 0.15) is 11.6 Å². The predicted octanol–water partition coefficient (Wildman–Crippen LogP) is 4.57. The largest absolute Gasteiger partial charge is 0.497 e. The van der Waals surface area contributed by atoms with E-state index in [1.54, 1.807) is 19.2 Å². The Morgan fingerprint density at radius 3 is 2.70 bits per heavy atom. The molecule has 1 atom stereocenters. The zero-order chi connectivity index (χ0) is 21.3. The fourth-order valence-corrected chi connectivity index (χ4v) is 3.94. The maximum atomic E-state index is 13.3. The number of rotatable bonds is 5. The summed E-state index contributed by atoms with van der Waals surface area (Å²) in [7, 11) is 1.63. The molecule has 0 spiro atoms. The van der Waals surface area contributed by atoms with Crippen LogP contribution in [0.5, 0.6) is 5.75 Å². The Kier molecular flexibility index (Phi) is 5.50. The van der Waals surface area contributed by atoms with Crippen LogP contribution in [0, 0.1) is 5.82 Å². The number of halogens is 1. The van der Waals surface area contributed by atoms with Crippen molar-refractivity contribution < 1.29 is 13.7 Å². The van der Waals surface area contributed by atoms with Crippen molar-refractivity contribution in [3.8, 4) is 17.1 Å². The standard InChI is InChI=1S/C22H21FN4O2S/c1-4-27-13(2)18(19(24-22(27)30)15-6-5-7-17(12-15)28-3)21-25-20(26-29-21)14-8-10-16(23)11-9-14/h5-12,19H,4H2,1-3H3,(H,24,30). The van der Waals surface area contributed by atoms with Gasteiger partial charge in [0.15, 0.2) is 5.11 Å². The zero-order valence-electron chi connectivity index (χ0n) is 16.8. The molecule has 3 aromatic rings. The summed E-state index contributed by atoms with van der Waals surface area (Å²) in [5, 5.41) is 8.13. The van der Waals surface area contributed by atoms with Gasteiger partial charge in [0.25, 0.3) is 5.89 Å². The third-order valence-corrected chi connectivity index (χ3v) is 5.44. The molecule has 1 aromatic heterocycles. The van der Waals surface area contributed by atoms with Gasteiger partial charge in [-0.05, 0) is 68.0 Å². The molecular weight excluding hydrogens is 403 g/mol. The number of methoxy groups -OCH3 is 1. The van der Waals surface area contributed by atoms with Crippen LogP contribution < -0.4 is 10.1 Å². The third kappa shape index (κ3) is 3.66. The number of hydrogen-bond donors (Lipinski definition) is 1. The number of hydrogen-bond acceptors (Lipinski definition) is 5. The van der Waals surface area contributed by atoms with Gasteiger partial charge in [0.2, 0.25) is 5.82 Å². The highest BCUT2D eigenvalue weighted by Crippen LogP contribution is 2.38. The van der Waals surface area contributed by atoms with E-state index >= 15 is 0 Å². The molecule has 6 nitrogen and oxygen atoms in total. The summed E-state index contributed by atoms with van der Waals surface area (Å²) >= 11 is 5.59. The number of ether oxygens (including phenoxy) is 1. The summed E-state index contributed by atoms with van der Waals surface area (Å²) < 4.78 is 24.3. The lowest BCUT2D eigenvalue weighted by atomic mass is 9.94. The molecule has 8 heteroatoms. The van der Waals surface area contributed by atoms with Crippen LogP contribution >= 0.6 is 12.2 Å². The Bertz CT molecular complexity index is 1110. The Morgan fingerprint density at radius 2 is 2.00 bits per heavy atom. The van der Waals surface area contributed by atoms with Crippen molar-refractivity contribution in [3.05, 3.63) is 71.5 Å². The number of nitrogens with one attached hydrogen (secondary N) is 1. The van der Waals surface area contributed by atoms with Gasteiger partial charge in [0.05, 0.1) is 18.7 Å². The van der Waals surface area contributed by atoms with Crippen LogP contribution in [0.25, 0.3) is 17.0 Å². The van der Waals surface area contributed by atoms with E-state index in [4.69, 9.17) is 21.5 Å². The second kappa shape index (κ2) is 8.23. The molecule has 0 saturated heterocycles. The molecule has 1 aliphatic rings. The second-order valence-electron chi connectivity index (χ2n) is 6.83. The summed E-state index contributed by atoms with van der Waals surface area (Å²) in [6.45, 7) is 4.71. The Morgan fingerprint density at radius 1 is 1.23 bits per heavy atom. The molecule has 0 saturated carbocycles. The predicted molar refractivity (Wildman–Crippen MR) is 116 cm³/mol. The van der Waals surface area contributed by atoms with E-state index in [2.05, 4.69) is 15.5 Å². The van der Waals surface area contributed by atoms with Gasteiger partial charge in [-0.15, -0.1) is 0 Å². The van der Waals surface area contributed by atoms with E-state index in [1.807, 2.05) is 43.0 Å². The number of allylic oxidation sites excluding steroid dienone is 1. The molecule has 0 amide bonds. The maximum absolute atomic E-state index is 13.3. The SMILES string of the molecule is CCN1C(=S)NC(c2cccc(OC)c2)C(c2nc(-c3ccc(F)cc3)no2)=C1C. The number of nitrogens with zero attached hydrogens (tertiary/aromatic N) is 3. The maximum Gasteiger partial charge on any atom is 0.258 e. The smallest absolute Gasteiger partial charge is 0.258 e. The normalized spacial score (nSPS) is 16.6. The van der Waals surface area contributed by atoms with Crippen molar-refractivity contribution in [2.24, 2.45) is 0 Å². The second-order valence-corrected chi connectivity index (χ2v) is 7.22. The van der Waals surface area contributed by atoms with Gasteiger partial charge in [-0.1, -0.05) is 17.3 Å². The van der Waals surface area contributed by atoms with Crippen LogP contribution in [0.1, 0.15) is 31.3 Å². The number of aromatic nitrogens is 2. The molecule has 1 N–H and O–H groups in total. The molecule has 1 unspecified atom stereocenters. The van der Waals surface area contributed by atoms with Crippen molar-refractivity contribution in [3.63, 3.8) is 0 Å². The molecule has 4 rings (SSSR count). The van der Waals surface area contributed by atoms with E-state index in [0.29, 0.717) is 28.9 Å². The molecule has 30 heavy (non-hydrogen) atoms. The molecule has 0 bridgehead atoms. The Balaban J connectivity index is 1.81. The first-order chi connectivity index (χ1) is 14.5. The van der Waals surface area contributed by atoms with Crippen LogP contribution in [0.15, 0.2) is 58.8 Å². The van der Waals surface area contributed by atoms with E-state index in [9.17, 15) is 4.39 Å². The van der Waals surface area contributed by atoms with E-state index in [-0.39, 0.29) is 11.9 Å². The summed E-state index contributed by atoms with van der Waals surface area (Å²) in [5.74, 6) is 1.20. The van der Waals surface area contributed by atoms with Crippen LogP contribution in [0.4, 0.5) is 4.39 Å². The molecular formula is C22H21FN4O2S. The fourth-order valence-electron chi connectivity index (χ4n) is 3.56. The lowest BCUT2D eigenvalue weighted by molar-refractivity contribution is 0.397. The summed E-state index contributed by atoms with van der Waals surface area (Å²) in [4.78, 5) is 6.59. The topological polar surface area (TPSA) is 63.4 Å². The zero-order valence-corrected chi connectivity index (χ0v) is 17.7. The highest BCUT2D eigenvalue weighted by molar-refractivity contribution is 7.80. The summed E-state index contributed by atoms with van der Waals surface area (Å²) in [5.41, 5.74) is 3.40. The van der Waals surface area contributed by atoms with E-state index in [1.165, 1.54) is 12.1 Å². The quantitative estimate of drug-likeness (QED) is 0.602. The van der Waals surface area contributed by atoms with Crippen molar-refractivity contribution in [2.75, 3.05) is 13.7 Å².